The van der Waals surface area contributed by atoms with Gasteiger partial charge in [-0.05, 0) is 0 Å². The number of halogens is 1. The van der Waals surface area contributed by atoms with Crippen LogP contribution in [0.3, 0.4) is 0 Å². The molecule has 0 radical (unpaired) electrons. The molecule has 0 amide bonds. The Kier molecular flexibility index (Phi) is 6.12. The zero-order valence-electron chi connectivity index (χ0n) is 6.93. The summed E-state index contributed by atoms with van der Waals surface area (Å²) in [5.41, 5.74) is 0. The second-order valence-corrected chi connectivity index (χ2v) is 4.54. The Hall–Kier alpha value is 0.347. The van der Waals surface area contributed by atoms with Crippen LogP contribution >= 0.6 is 11.6 Å². The number of hydrogen-bond donors (Lipinski definition) is 0. The summed E-state index contributed by atoms with van der Waals surface area (Å²) in [6.07, 6.45) is 0. The first kappa shape index (κ1) is 11.3. The van der Waals surface area contributed by atoms with E-state index in [0.29, 0.717) is 12.5 Å². The molecular formula is C5H13ClO4Si. The molecule has 0 unspecified atom stereocenters. The normalized spacial score (nSPS) is 12.0. The predicted octanol–water partition coefficient (Wildman–Crippen LogP) is 0.617. The van der Waals surface area contributed by atoms with Gasteiger partial charge >= 0.3 is 9.05 Å². The van der Waals surface area contributed by atoms with Crippen LogP contribution in [0.4, 0.5) is 0 Å². The minimum Gasteiger partial charge on any atom is -0.355 e. The fourth-order valence-corrected chi connectivity index (χ4v) is 2.00. The molecule has 0 aromatic carbocycles. The van der Waals surface area contributed by atoms with Gasteiger partial charge in [-0.2, -0.15) is 0 Å². The predicted molar refractivity (Wildman–Crippen MR) is 43.5 cm³/mol. The third kappa shape index (κ3) is 3.50. The molecule has 0 rings (SSSR count). The van der Waals surface area contributed by atoms with Crippen LogP contribution in [0.2, 0.25) is 0 Å². The van der Waals surface area contributed by atoms with E-state index in [9.17, 15) is 0 Å². The van der Waals surface area contributed by atoms with Crippen molar-refractivity contribution in [3.8, 4) is 0 Å². The molecule has 0 heterocycles. The molecule has 0 atom stereocenters. The molecule has 0 aliphatic rings. The summed E-state index contributed by atoms with van der Waals surface area (Å²) in [6, 6.07) is 0. The van der Waals surface area contributed by atoms with Gasteiger partial charge in [0.05, 0.1) is 6.61 Å². The topological polar surface area (TPSA) is 36.9 Å². The van der Waals surface area contributed by atoms with Gasteiger partial charge in [0.2, 0.25) is 0 Å². The van der Waals surface area contributed by atoms with E-state index >= 15 is 0 Å². The molecule has 0 fully saturated rings. The maximum atomic E-state index is 5.41. The SMILES string of the molecule is CO[Si](OC)(OC)OCCCl. The van der Waals surface area contributed by atoms with Crippen LogP contribution in [0.15, 0.2) is 0 Å². The van der Waals surface area contributed by atoms with Gasteiger partial charge in [0.15, 0.2) is 0 Å². The minimum atomic E-state index is -2.82. The highest BCUT2D eigenvalue weighted by atomic mass is 35.5. The van der Waals surface area contributed by atoms with Gasteiger partial charge in [-0.3, -0.25) is 0 Å². The average molecular weight is 201 g/mol. The van der Waals surface area contributed by atoms with E-state index in [1.54, 1.807) is 0 Å². The molecule has 0 aliphatic heterocycles. The Morgan fingerprint density at radius 1 is 1.09 bits per heavy atom. The van der Waals surface area contributed by atoms with Crippen molar-refractivity contribution in [3.05, 3.63) is 0 Å². The highest BCUT2D eigenvalue weighted by molar-refractivity contribution is 6.53. The van der Waals surface area contributed by atoms with E-state index in [1.807, 2.05) is 0 Å². The van der Waals surface area contributed by atoms with Gasteiger partial charge in [-0.1, -0.05) is 0 Å². The summed E-state index contributed by atoms with van der Waals surface area (Å²) in [7, 11) is 1.62. The largest absolute Gasteiger partial charge is 0.678 e. The summed E-state index contributed by atoms with van der Waals surface area (Å²) in [5, 5.41) is 0. The molecule has 0 aromatic rings. The Labute approximate surface area is 72.8 Å². The van der Waals surface area contributed by atoms with E-state index in [1.165, 1.54) is 21.3 Å². The molecule has 4 nitrogen and oxygen atoms in total. The van der Waals surface area contributed by atoms with Crippen LogP contribution < -0.4 is 0 Å². The second kappa shape index (κ2) is 5.93. The van der Waals surface area contributed by atoms with Crippen LogP contribution in [0.5, 0.6) is 0 Å². The van der Waals surface area contributed by atoms with Crippen LogP contribution in [0.25, 0.3) is 0 Å². The number of alkyl halides is 1. The molecule has 11 heavy (non-hydrogen) atoms. The van der Waals surface area contributed by atoms with Crippen molar-refractivity contribution in [3.63, 3.8) is 0 Å². The summed E-state index contributed by atoms with van der Waals surface area (Å²) < 4.78 is 20.0. The first-order valence-electron chi connectivity index (χ1n) is 3.10. The standard InChI is InChI=1S/C5H13ClO4Si/c1-7-11(8-2,9-3)10-5-4-6/h4-5H2,1-3H3. The van der Waals surface area contributed by atoms with Crippen molar-refractivity contribution >= 4 is 20.6 Å². The van der Waals surface area contributed by atoms with Gasteiger partial charge < -0.3 is 17.7 Å². The molecule has 0 bridgehead atoms. The van der Waals surface area contributed by atoms with Crippen molar-refractivity contribution in [2.24, 2.45) is 0 Å². The van der Waals surface area contributed by atoms with Gasteiger partial charge in [-0.25, -0.2) is 0 Å². The molecule has 0 spiro atoms. The quantitative estimate of drug-likeness (QED) is 0.465. The van der Waals surface area contributed by atoms with Crippen molar-refractivity contribution in [1.82, 2.24) is 0 Å². The molecular weight excluding hydrogens is 188 g/mol. The highest BCUT2D eigenvalue weighted by Gasteiger charge is 2.41. The van der Waals surface area contributed by atoms with E-state index in [4.69, 9.17) is 29.3 Å². The number of hydrogen-bond acceptors (Lipinski definition) is 4. The molecule has 68 valence electrons. The van der Waals surface area contributed by atoms with Crippen molar-refractivity contribution in [2.75, 3.05) is 33.8 Å². The summed E-state index contributed by atoms with van der Waals surface area (Å²) >= 11 is 5.41. The Morgan fingerprint density at radius 3 is 1.82 bits per heavy atom. The fourth-order valence-electron chi connectivity index (χ4n) is 0.590. The molecule has 0 aliphatic carbocycles. The van der Waals surface area contributed by atoms with Crippen LogP contribution in [-0.4, -0.2) is 42.9 Å². The third-order valence-electron chi connectivity index (χ3n) is 1.11. The average Bonchev–Trinajstić information content (AvgIpc) is 2.08. The smallest absolute Gasteiger partial charge is 0.355 e. The fraction of sp³-hybridized carbons (Fsp3) is 1.00. The second-order valence-electron chi connectivity index (χ2n) is 1.65. The van der Waals surface area contributed by atoms with E-state index in [0.717, 1.165) is 0 Å². The van der Waals surface area contributed by atoms with Gasteiger partial charge in [0.1, 0.15) is 0 Å². The molecule has 0 saturated carbocycles. The van der Waals surface area contributed by atoms with E-state index in [-0.39, 0.29) is 0 Å². The van der Waals surface area contributed by atoms with Crippen LogP contribution in [-0.2, 0) is 17.7 Å². The van der Waals surface area contributed by atoms with Crippen molar-refractivity contribution < 1.29 is 17.7 Å². The molecule has 0 N–H and O–H groups in total. The number of rotatable bonds is 6. The Morgan fingerprint density at radius 2 is 1.55 bits per heavy atom. The summed E-state index contributed by atoms with van der Waals surface area (Å²) in [6.45, 7) is 0.364. The zero-order valence-corrected chi connectivity index (χ0v) is 8.68. The third-order valence-corrected chi connectivity index (χ3v) is 3.32. The van der Waals surface area contributed by atoms with Crippen LogP contribution in [0, 0.1) is 0 Å². The van der Waals surface area contributed by atoms with Gasteiger partial charge in [0, 0.05) is 27.2 Å². The van der Waals surface area contributed by atoms with Crippen molar-refractivity contribution in [2.45, 2.75) is 0 Å². The van der Waals surface area contributed by atoms with E-state index in [2.05, 4.69) is 0 Å². The maximum Gasteiger partial charge on any atom is 0.678 e. The first-order valence-corrected chi connectivity index (χ1v) is 5.26. The lowest BCUT2D eigenvalue weighted by atomic mass is 10.9. The highest BCUT2D eigenvalue weighted by Crippen LogP contribution is 2.07. The first-order chi connectivity index (χ1) is 5.24. The Balaban J connectivity index is 3.84. The summed E-state index contributed by atoms with van der Waals surface area (Å²) in [4.78, 5) is 0. The van der Waals surface area contributed by atoms with Crippen LogP contribution in [0.1, 0.15) is 0 Å². The zero-order chi connectivity index (χ0) is 8.74. The molecule has 0 saturated heterocycles. The lowest BCUT2D eigenvalue weighted by Crippen LogP contribution is -2.46. The van der Waals surface area contributed by atoms with Gasteiger partial charge in [0.25, 0.3) is 0 Å². The van der Waals surface area contributed by atoms with E-state index < -0.39 is 9.05 Å². The Bertz CT molecular complexity index is 90.2. The molecule has 6 heteroatoms. The minimum absolute atomic E-state index is 0.364. The van der Waals surface area contributed by atoms with Crippen molar-refractivity contribution in [1.29, 1.82) is 0 Å². The monoisotopic (exact) mass is 200 g/mol. The van der Waals surface area contributed by atoms with Gasteiger partial charge in [-0.15, -0.1) is 11.6 Å². The lowest BCUT2D eigenvalue weighted by molar-refractivity contribution is 0.00987. The lowest BCUT2D eigenvalue weighted by Gasteiger charge is -2.22. The summed E-state index contributed by atoms with van der Waals surface area (Å²) in [5.74, 6) is 0.394. The molecule has 0 aromatic heterocycles. The maximum absolute atomic E-state index is 5.41.